The van der Waals surface area contributed by atoms with Gasteiger partial charge in [0.25, 0.3) is 0 Å². The monoisotopic (exact) mass is 301 g/mol. The van der Waals surface area contributed by atoms with Gasteiger partial charge in [0.2, 0.25) is 0 Å². The van der Waals surface area contributed by atoms with E-state index in [1.807, 2.05) is 18.2 Å². The van der Waals surface area contributed by atoms with Crippen molar-refractivity contribution in [3.8, 4) is 11.3 Å². The molecule has 0 aromatic carbocycles. The van der Waals surface area contributed by atoms with Gasteiger partial charge in [-0.15, -0.1) is 0 Å². The zero-order chi connectivity index (χ0) is 15.2. The number of pyridine rings is 1. The van der Waals surface area contributed by atoms with Crippen LogP contribution in [0, 0.1) is 0 Å². The molecule has 1 aliphatic rings. The van der Waals surface area contributed by atoms with E-state index in [1.165, 1.54) is 0 Å². The molecule has 2 aromatic heterocycles. The molecule has 0 spiro atoms. The van der Waals surface area contributed by atoms with Crippen LogP contribution in [0.5, 0.6) is 0 Å². The second kappa shape index (κ2) is 7.09. The highest BCUT2D eigenvalue weighted by Gasteiger charge is 2.15. The smallest absolute Gasteiger partial charge is 0.315 e. The van der Waals surface area contributed by atoms with Crippen LogP contribution in [0.2, 0.25) is 0 Å². The van der Waals surface area contributed by atoms with E-state index >= 15 is 0 Å². The van der Waals surface area contributed by atoms with Crippen molar-refractivity contribution in [2.24, 2.45) is 0 Å². The van der Waals surface area contributed by atoms with Crippen molar-refractivity contribution >= 4 is 6.03 Å². The number of amides is 2. The SMILES string of the molecule is O=C(NCc1ccc(-c2ccoc2)nc1)NC[C@@H]1CCCO1. The number of hydrogen-bond donors (Lipinski definition) is 2. The highest BCUT2D eigenvalue weighted by molar-refractivity contribution is 5.73. The van der Waals surface area contributed by atoms with Crippen molar-refractivity contribution in [3.63, 3.8) is 0 Å². The Morgan fingerprint density at radius 1 is 1.32 bits per heavy atom. The van der Waals surface area contributed by atoms with Crippen molar-refractivity contribution in [1.82, 2.24) is 15.6 Å². The van der Waals surface area contributed by atoms with Crippen LogP contribution in [-0.2, 0) is 11.3 Å². The summed E-state index contributed by atoms with van der Waals surface area (Å²) < 4.78 is 10.5. The minimum atomic E-state index is -0.186. The zero-order valence-corrected chi connectivity index (χ0v) is 12.2. The number of carbonyl (C=O) groups excluding carboxylic acids is 1. The fourth-order valence-electron chi connectivity index (χ4n) is 2.37. The number of aromatic nitrogens is 1. The Labute approximate surface area is 128 Å². The van der Waals surface area contributed by atoms with E-state index < -0.39 is 0 Å². The summed E-state index contributed by atoms with van der Waals surface area (Å²) in [5.74, 6) is 0. The largest absolute Gasteiger partial charge is 0.472 e. The van der Waals surface area contributed by atoms with Crippen LogP contribution >= 0.6 is 0 Å². The molecule has 1 aliphatic heterocycles. The van der Waals surface area contributed by atoms with Gasteiger partial charge in [0.05, 0.1) is 24.3 Å². The Morgan fingerprint density at radius 2 is 2.27 bits per heavy atom. The Kier molecular flexibility index (Phi) is 4.70. The molecule has 2 amide bonds. The maximum absolute atomic E-state index is 11.7. The van der Waals surface area contributed by atoms with Gasteiger partial charge in [0.1, 0.15) is 0 Å². The van der Waals surface area contributed by atoms with Crippen LogP contribution in [0.25, 0.3) is 11.3 Å². The quantitative estimate of drug-likeness (QED) is 0.888. The molecule has 0 saturated carbocycles. The number of furan rings is 1. The average molecular weight is 301 g/mol. The van der Waals surface area contributed by atoms with E-state index in [4.69, 9.17) is 9.15 Å². The summed E-state index contributed by atoms with van der Waals surface area (Å²) in [6, 6.07) is 5.52. The molecule has 22 heavy (non-hydrogen) atoms. The number of nitrogens with one attached hydrogen (secondary N) is 2. The molecule has 1 atom stereocenters. The van der Waals surface area contributed by atoms with Crippen LogP contribution in [-0.4, -0.2) is 30.3 Å². The number of carbonyl (C=O) groups is 1. The minimum Gasteiger partial charge on any atom is -0.472 e. The van der Waals surface area contributed by atoms with Gasteiger partial charge in [-0.1, -0.05) is 6.07 Å². The van der Waals surface area contributed by atoms with E-state index in [2.05, 4.69) is 15.6 Å². The summed E-state index contributed by atoms with van der Waals surface area (Å²) in [5, 5.41) is 5.63. The van der Waals surface area contributed by atoms with Gasteiger partial charge >= 0.3 is 6.03 Å². The predicted molar refractivity (Wildman–Crippen MR) is 81.2 cm³/mol. The predicted octanol–water partition coefficient (Wildman–Crippen LogP) is 2.32. The normalized spacial score (nSPS) is 17.4. The Bertz CT molecular complexity index is 590. The van der Waals surface area contributed by atoms with Crippen LogP contribution < -0.4 is 10.6 Å². The number of nitrogens with zero attached hydrogens (tertiary/aromatic N) is 1. The van der Waals surface area contributed by atoms with E-state index in [0.717, 1.165) is 36.3 Å². The van der Waals surface area contributed by atoms with Crippen LogP contribution in [0.15, 0.2) is 41.3 Å². The second-order valence-electron chi connectivity index (χ2n) is 5.26. The topological polar surface area (TPSA) is 76.4 Å². The molecule has 0 aliphatic carbocycles. The summed E-state index contributed by atoms with van der Waals surface area (Å²) in [5.41, 5.74) is 2.73. The van der Waals surface area contributed by atoms with Gasteiger partial charge in [0, 0.05) is 31.5 Å². The molecule has 0 bridgehead atoms. The molecule has 0 unspecified atom stereocenters. The first-order chi connectivity index (χ1) is 10.8. The lowest BCUT2D eigenvalue weighted by Crippen LogP contribution is -2.39. The summed E-state index contributed by atoms with van der Waals surface area (Å²) in [7, 11) is 0. The molecule has 6 nitrogen and oxygen atoms in total. The lowest BCUT2D eigenvalue weighted by atomic mass is 10.2. The Hall–Kier alpha value is -2.34. The molecule has 1 fully saturated rings. The van der Waals surface area contributed by atoms with Crippen molar-refractivity contribution < 1.29 is 13.9 Å². The number of rotatable bonds is 5. The molecule has 0 radical (unpaired) electrons. The van der Waals surface area contributed by atoms with Gasteiger partial charge in [-0.05, 0) is 30.5 Å². The number of hydrogen-bond acceptors (Lipinski definition) is 4. The Morgan fingerprint density at radius 3 is 2.95 bits per heavy atom. The number of ether oxygens (including phenoxy) is 1. The van der Waals surface area contributed by atoms with E-state index in [0.29, 0.717) is 13.1 Å². The first-order valence-electron chi connectivity index (χ1n) is 7.42. The molecule has 116 valence electrons. The minimum absolute atomic E-state index is 0.154. The van der Waals surface area contributed by atoms with Gasteiger partial charge < -0.3 is 19.8 Å². The maximum atomic E-state index is 11.7. The third-order valence-electron chi connectivity index (χ3n) is 3.61. The number of urea groups is 1. The van der Waals surface area contributed by atoms with Crippen molar-refractivity contribution in [3.05, 3.63) is 42.5 Å². The van der Waals surface area contributed by atoms with Crippen molar-refractivity contribution in [1.29, 1.82) is 0 Å². The third kappa shape index (κ3) is 3.85. The van der Waals surface area contributed by atoms with Crippen molar-refractivity contribution in [2.75, 3.05) is 13.2 Å². The van der Waals surface area contributed by atoms with E-state index in [1.54, 1.807) is 18.7 Å². The molecule has 3 rings (SSSR count). The van der Waals surface area contributed by atoms with E-state index in [9.17, 15) is 4.79 Å². The fourth-order valence-corrected chi connectivity index (χ4v) is 2.37. The molecular weight excluding hydrogens is 282 g/mol. The summed E-state index contributed by atoms with van der Waals surface area (Å²) in [4.78, 5) is 16.1. The van der Waals surface area contributed by atoms with Gasteiger partial charge in [0.15, 0.2) is 0 Å². The summed E-state index contributed by atoms with van der Waals surface area (Å²) >= 11 is 0. The molecule has 1 saturated heterocycles. The average Bonchev–Trinajstić information content (AvgIpc) is 3.24. The first-order valence-corrected chi connectivity index (χ1v) is 7.42. The van der Waals surface area contributed by atoms with Gasteiger partial charge in [-0.2, -0.15) is 0 Å². The van der Waals surface area contributed by atoms with Crippen LogP contribution in [0.1, 0.15) is 18.4 Å². The lowest BCUT2D eigenvalue weighted by molar-refractivity contribution is 0.111. The van der Waals surface area contributed by atoms with Gasteiger partial charge in [-0.3, -0.25) is 4.98 Å². The Balaban J connectivity index is 1.43. The molecule has 2 N–H and O–H groups in total. The van der Waals surface area contributed by atoms with Gasteiger partial charge in [-0.25, -0.2) is 4.79 Å². The first kappa shape index (κ1) is 14.6. The summed E-state index contributed by atoms with van der Waals surface area (Å²) in [6.45, 7) is 1.79. The maximum Gasteiger partial charge on any atom is 0.315 e. The van der Waals surface area contributed by atoms with E-state index in [-0.39, 0.29) is 12.1 Å². The highest BCUT2D eigenvalue weighted by atomic mass is 16.5. The standard InChI is InChI=1S/C16H19N3O3/c20-16(19-10-14-2-1-6-22-14)18-9-12-3-4-15(17-8-12)13-5-7-21-11-13/h3-5,7-8,11,14H,1-2,6,9-10H2,(H2,18,19,20)/t14-/m0/s1. The molecular formula is C16H19N3O3. The van der Waals surface area contributed by atoms with Crippen molar-refractivity contribution in [2.45, 2.75) is 25.5 Å². The second-order valence-corrected chi connectivity index (χ2v) is 5.26. The molecule has 6 heteroatoms. The molecule has 3 heterocycles. The lowest BCUT2D eigenvalue weighted by Gasteiger charge is -2.11. The van der Waals surface area contributed by atoms with Crippen LogP contribution in [0.4, 0.5) is 4.79 Å². The third-order valence-corrected chi connectivity index (χ3v) is 3.61. The van der Waals surface area contributed by atoms with Crippen LogP contribution in [0.3, 0.4) is 0 Å². The molecule has 2 aromatic rings. The fraction of sp³-hybridized carbons (Fsp3) is 0.375. The zero-order valence-electron chi connectivity index (χ0n) is 12.2. The highest BCUT2D eigenvalue weighted by Crippen LogP contribution is 2.17. The summed E-state index contributed by atoms with van der Waals surface area (Å²) in [6.07, 6.45) is 7.26.